The van der Waals surface area contributed by atoms with Crippen molar-refractivity contribution in [3.63, 3.8) is 0 Å². The van der Waals surface area contributed by atoms with Gasteiger partial charge in [-0.25, -0.2) is 0 Å². The van der Waals surface area contributed by atoms with E-state index >= 15 is 0 Å². The quantitative estimate of drug-likeness (QED) is 0.563. The molecule has 2 amide bonds. The van der Waals surface area contributed by atoms with Gasteiger partial charge in [-0.1, -0.05) is 43.5 Å². The van der Waals surface area contributed by atoms with Crippen molar-refractivity contribution in [2.24, 2.45) is 5.92 Å². The number of rotatable bonds is 7. The van der Waals surface area contributed by atoms with Gasteiger partial charge in [-0.15, -0.1) is 11.6 Å². The molecule has 1 fully saturated rings. The van der Waals surface area contributed by atoms with E-state index in [1.54, 1.807) is 55.6 Å². The predicted octanol–water partition coefficient (Wildman–Crippen LogP) is 5.36. The van der Waals surface area contributed by atoms with Crippen LogP contribution in [0.3, 0.4) is 0 Å². The summed E-state index contributed by atoms with van der Waals surface area (Å²) in [5.74, 6) is 0.213. The first-order valence-corrected chi connectivity index (χ1v) is 11.4. The summed E-state index contributed by atoms with van der Waals surface area (Å²) in [6, 6.07) is 13.2. The van der Waals surface area contributed by atoms with Gasteiger partial charge in [0.1, 0.15) is 17.7 Å². The van der Waals surface area contributed by atoms with Crippen molar-refractivity contribution in [1.82, 2.24) is 5.32 Å². The third-order valence-electron chi connectivity index (χ3n) is 5.87. The van der Waals surface area contributed by atoms with Gasteiger partial charge in [0.05, 0.1) is 7.11 Å². The second-order valence-electron chi connectivity index (χ2n) is 7.93. The minimum Gasteiger partial charge on any atom is -0.497 e. The second kappa shape index (κ2) is 10.9. The third-order valence-corrected chi connectivity index (χ3v) is 6.35. The first kappa shape index (κ1) is 23.4. The Labute approximate surface area is 193 Å². The second-order valence-corrected chi connectivity index (χ2v) is 8.63. The van der Waals surface area contributed by atoms with Crippen LogP contribution in [0.2, 0.25) is 5.02 Å². The van der Waals surface area contributed by atoms with Gasteiger partial charge in [-0.3, -0.25) is 14.5 Å². The lowest BCUT2D eigenvalue weighted by atomic mass is 9.85. The van der Waals surface area contributed by atoms with Crippen molar-refractivity contribution in [2.45, 2.75) is 44.7 Å². The van der Waals surface area contributed by atoms with Crippen LogP contribution in [-0.4, -0.2) is 30.8 Å². The van der Waals surface area contributed by atoms with Crippen molar-refractivity contribution in [2.75, 3.05) is 17.9 Å². The maximum atomic E-state index is 13.6. The summed E-state index contributed by atoms with van der Waals surface area (Å²) in [4.78, 5) is 28.0. The fraction of sp³-hybridized carbons (Fsp3) is 0.417. The van der Waals surface area contributed by atoms with Gasteiger partial charge in [0.15, 0.2) is 0 Å². The molecule has 2 aromatic carbocycles. The normalized spacial score (nSPS) is 19.4. The molecule has 31 heavy (non-hydrogen) atoms. The van der Waals surface area contributed by atoms with Crippen molar-refractivity contribution in [1.29, 1.82) is 0 Å². The number of alkyl halides is 1. The summed E-state index contributed by atoms with van der Waals surface area (Å²) in [7, 11) is 1.58. The van der Waals surface area contributed by atoms with Gasteiger partial charge >= 0.3 is 0 Å². The monoisotopic (exact) mass is 462 g/mol. The van der Waals surface area contributed by atoms with Crippen molar-refractivity contribution in [3.05, 3.63) is 59.1 Å². The molecule has 0 heterocycles. The Morgan fingerprint density at radius 2 is 1.74 bits per heavy atom. The molecule has 0 saturated heterocycles. The van der Waals surface area contributed by atoms with E-state index in [1.165, 1.54) is 11.3 Å². The minimum absolute atomic E-state index is 0.0832. The third kappa shape index (κ3) is 5.72. The molecule has 1 aliphatic carbocycles. The fourth-order valence-electron chi connectivity index (χ4n) is 4.10. The average Bonchev–Trinajstić information content (AvgIpc) is 2.79. The maximum Gasteiger partial charge on any atom is 0.248 e. The van der Waals surface area contributed by atoms with E-state index in [2.05, 4.69) is 12.2 Å². The Morgan fingerprint density at radius 3 is 2.32 bits per heavy atom. The van der Waals surface area contributed by atoms with Crippen LogP contribution in [-0.2, 0) is 9.59 Å². The van der Waals surface area contributed by atoms with Gasteiger partial charge in [0.25, 0.3) is 0 Å². The molecule has 5 nitrogen and oxygen atoms in total. The molecule has 7 heteroatoms. The predicted molar refractivity (Wildman–Crippen MR) is 125 cm³/mol. The molecule has 0 aromatic heterocycles. The van der Waals surface area contributed by atoms with E-state index in [0.717, 1.165) is 19.3 Å². The maximum absolute atomic E-state index is 13.6. The van der Waals surface area contributed by atoms with Gasteiger partial charge in [-0.05, 0) is 60.7 Å². The highest BCUT2D eigenvalue weighted by Gasteiger charge is 2.34. The van der Waals surface area contributed by atoms with Crippen molar-refractivity contribution in [3.8, 4) is 5.75 Å². The lowest BCUT2D eigenvalue weighted by molar-refractivity contribution is -0.126. The molecular formula is C24H28Cl2N2O3. The summed E-state index contributed by atoms with van der Waals surface area (Å²) in [5.41, 5.74) is 1.23. The SMILES string of the molecule is COc1ccc(N(C(=O)CCl)[C@H](C(=O)N[C@H]2CCCC[C@@H]2C)c2ccc(Cl)cc2)cc1. The number of carbonyl (C=O) groups excluding carboxylic acids is 2. The average molecular weight is 463 g/mol. The first-order chi connectivity index (χ1) is 14.9. The van der Waals surface area contributed by atoms with Crippen LogP contribution in [0.4, 0.5) is 5.69 Å². The van der Waals surface area contributed by atoms with Crippen LogP contribution in [0.5, 0.6) is 5.75 Å². The fourth-order valence-corrected chi connectivity index (χ4v) is 4.35. The molecule has 0 aliphatic heterocycles. The number of halogens is 2. The number of amides is 2. The molecular weight excluding hydrogens is 435 g/mol. The van der Waals surface area contributed by atoms with Crippen LogP contribution in [0.25, 0.3) is 0 Å². The number of carbonyl (C=O) groups is 2. The number of nitrogens with one attached hydrogen (secondary N) is 1. The number of benzene rings is 2. The molecule has 166 valence electrons. The smallest absolute Gasteiger partial charge is 0.248 e. The highest BCUT2D eigenvalue weighted by atomic mass is 35.5. The number of ether oxygens (including phenoxy) is 1. The van der Waals surface area contributed by atoms with Crippen molar-refractivity contribution >= 4 is 40.7 Å². The van der Waals surface area contributed by atoms with Gasteiger partial charge in [-0.2, -0.15) is 0 Å². The largest absolute Gasteiger partial charge is 0.497 e. The summed E-state index contributed by atoms with van der Waals surface area (Å²) >= 11 is 12.0. The van der Waals surface area contributed by atoms with Gasteiger partial charge < -0.3 is 10.1 Å². The van der Waals surface area contributed by atoms with E-state index in [9.17, 15) is 9.59 Å². The summed E-state index contributed by atoms with van der Waals surface area (Å²) in [6.07, 6.45) is 4.28. The Hall–Kier alpha value is -2.24. The van der Waals surface area contributed by atoms with Crippen LogP contribution in [0.1, 0.15) is 44.2 Å². The topological polar surface area (TPSA) is 58.6 Å². The van der Waals surface area contributed by atoms with Gasteiger partial charge in [0, 0.05) is 16.8 Å². The van der Waals surface area contributed by atoms with Crippen LogP contribution >= 0.6 is 23.2 Å². The molecule has 3 rings (SSSR count). The zero-order valence-corrected chi connectivity index (χ0v) is 19.3. The van der Waals surface area contributed by atoms with E-state index < -0.39 is 6.04 Å². The Balaban J connectivity index is 2.01. The first-order valence-electron chi connectivity index (χ1n) is 10.5. The minimum atomic E-state index is -0.869. The Bertz CT molecular complexity index is 887. The Kier molecular flexibility index (Phi) is 8.22. The van der Waals surface area contributed by atoms with E-state index in [-0.39, 0.29) is 23.7 Å². The summed E-state index contributed by atoms with van der Waals surface area (Å²) in [6.45, 7) is 2.16. The molecule has 3 atom stereocenters. The van der Waals surface area contributed by atoms with E-state index in [0.29, 0.717) is 27.9 Å². The highest BCUT2D eigenvalue weighted by molar-refractivity contribution is 6.30. The highest BCUT2D eigenvalue weighted by Crippen LogP contribution is 2.32. The summed E-state index contributed by atoms with van der Waals surface area (Å²) < 4.78 is 5.23. The lowest BCUT2D eigenvalue weighted by Crippen LogP contribution is -2.49. The van der Waals surface area contributed by atoms with Crippen LogP contribution < -0.4 is 15.0 Å². The van der Waals surface area contributed by atoms with Gasteiger partial charge in [0.2, 0.25) is 11.8 Å². The molecule has 0 unspecified atom stereocenters. The number of nitrogens with zero attached hydrogens (tertiary/aromatic N) is 1. The van der Waals surface area contributed by atoms with Crippen molar-refractivity contribution < 1.29 is 14.3 Å². The molecule has 1 aliphatic rings. The zero-order valence-electron chi connectivity index (χ0n) is 17.8. The van der Waals surface area contributed by atoms with E-state index in [4.69, 9.17) is 27.9 Å². The number of hydrogen-bond donors (Lipinski definition) is 1. The summed E-state index contributed by atoms with van der Waals surface area (Å²) in [5, 5.41) is 3.76. The van der Waals surface area contributed by atoms with E-state index in [1.807, 2.05) is 0 Å². The molecule has 2 aromatic rings. The number of anilines is 1. The zero-order chi connectivity index (χ0) is 22.4. The number of hydrogen-bond acceptors (Lipinski definition) is 3. The molecule has 0 bridgehead atoms. The lowest BCUT2D eigenvalue weighted by Gasteiger charge is -2.35. The van der Waals surface area contributed by atoms with Crippen LogP contribution in [0.15, 0.2) is 48.5 Å². The molecule has 1 N–H and O–H groups in total. The van der Waals surface area contributed by atoms with Crippen LogP contribution in [0, 0.1) is 5.92 Å². The molecule has 0 radical (unpaired) electrons. The number of methoxy groups -OCH3 is 1. The standard InChI is InChI=1S/C24H28Cl2N2O3/c1-16-5-3-4-6-21(16)27-24(30)23(17-7-9-18(26)10-8-17)28(22(29)15-25)19-11-13-20(31-2)14-12-19/h7-14,16,21,23H,3-6,15H2,1-2H3,(H,27,30)/t16-,21-,23-/m0/s1. The Morgan fingerprint density at radius 1 is 1.10 bits per heavy atom. The molecule has 0 spiro atoms. The molecule has 1 saturated carbocycles.